The van der Waals surface area contributed by atoms with E-state index >= 15 is 0 Å². The van der Waals surface area contributed by atoms with E-state index in [1.54, 1.807) is 0 Å². The third kappa shape index (κ3) is 64.5. The van der Waals surface area contributed by atoms with Gasteiger partial charge in [-0.1, -0.05) is 308 Å². The quantitative estimate of drug-likeness (QED) is 0.0261. The topological polar surface area (TPSA) is 78.9 Å². The van der Waals surface area contributed by atoms with Crippen LogP contribution in [0.25, 0.3) is 0 Å². The first-order chi connectivity index (χ1) is 38.5. The van der Waals surface area contributed by atoms with Gasteiger partial charge in [-0.25, -0.2) is 0 Å². The zero-order valence-electron chi connectivity index (χ0n) is 52.7. The van der Waals surface area contributed by atoms with Crippen LogP contribution in [0, 0.1) is 0 Å². The van der Waals surface area contributed by atoms with Crippen LogP contribution in [-0.2, 0) is 28.6 Å². The molecule has 0 aliphatic carbocycles. The minimum Gasteiger partial charge on any atom is -0.462 e. The Morgan fingerprint density at radius 3 is 0.667 bits per heavy atom. The molecule has 0 N–H and O–H groups in total. The van der Waals surface area contributed by atoms with Crippen LogP contribution in [0.4, 0.5) is 0 Å². The van der Waals surface area contributed by atoms with Crippen LogP contribution in [0.5, 0.6) is 0 Å². The molecule has 0 amide bonds. The number of allylic oxidation sites excluding steroid dienone is 6. The van der Waals surface area contributed by atoms with Crippen molar-refractivity contribution in [1.82, 2.24) is 0 Å². The SMILES string of the molecule is CCCCC/C=C\CCCCCCCC(=O)OCC(COC(=O)CCCCCCCCCCCCCCCCCCCCC/C=C\CCCCCCCCCC)OC(=O)CCCCCCCCC/C=C\CCCCCCCC. The van der Waals surface area contributed by atoms with Crippen molar-refractivity contribution in [3.8, 4) is 0 Å². The number of ether oxygens (including phenoxy) is 3. The molecule has 0 aliphatic heterocycles. The van der Waals surface area contributed by atoms with Gasteiger partial charge in [0.15, 0.2) is 6.10 Å². The molecule has 1 unspecified atom stereocenters. The first-order valence-electron chi connectivity index (χ1n) is 35.0. The van der Waals surface area contributed by atoms with Gasteiger partial charge in [-0.2, -0.15) is 0 Å². The number of unbranched alkanes of at least 4 members (excludes halogenated alkanes) is 48. The van der Waals surface area contributed by atoms with E-state index in [2.05, 4.69) is 57.2 Å². The Hall–Kier alpha value is -2.37. The predicted octanol–water partition coefficient (Wildman–Crippen LogP) is 23.9. The van der Waals surface area contributed by atoms with Crippen LogP contribution >= 0.6 is 0 Å². The fourth-order valence-corrected chi connectivity index (χ4v) is 10.5. The number of esters is 3. The summed E-state index contributed by atoms with van der Waals surface area (Å²) >= 11 is 0. The van der Waals surface area contributed by atoms with Crippen LogP contribution in [0.2, 0.25) is 0 Å². The second-order valence-electron chi connectivity index (χ2n) is 23.8. The summed E-state index contributed by atoms with van der Waals surface area (Å²) < 4.78 is 16.9. The van der Waals surface area contributed by atoms with E-state index in [4.69, 9.17) is 14.2 Å². The van der Waals surface area contributed by atoms with E-state index in [0.29, 0.717) is 19.3 Å². The van der Waals surface area contributed by atoms with Gasteiger partial charge in [0.1, 0.15) is 13.2 Å². The maximum absolute atomic E-state index is 12.9. The third-order valence-corrected chi connectivity index (χ3v) is 15.8. The molecule has 0 aromatic carbocycles. The van der Waals surface area contributed by atoms with Crippen molar-refractivity contribution < 1.29 is 28.6 Å². The van der Waals surface area contributed by atoms with Crippen LogP contribution in [0.15, 0.2) is 36.5 Å². The summed E-state index contributed by atoms with van der Waals surface area (Å²) in [5.74, 6) is -0.862. The summed E-state index contributed by atoms with van der Waals surface area (Å²) in [5.41, 5.74) is 0. The zero-order valence-corrected chi connectivity index (χ0v) is 52.7. The van der Waals surface area contributed by atoms with Crippen LogP contribution in [0.1, 0.15) is 387 Å². The second kappa shape index (κ2) is 67.1. The summed E-state index contributed by atoms with van der Waals surface area (Å²) in [6, 6.07) is 0. The van der Waals surface area contributed by atoms with Crippen molar-refractivity contribution in [3.05, 3.63) is 36.5 Å². The number of carbonyl (C=O) groups is 3. The Bertz CT molecular complexity index is 1300. The fourth-order valence-electron chi connectivity index (χ4n) is 10.5. The highest BCUT2D eigenvalue weighted by Crippen LogP contribution is 2.18. The molecule has 0 bridgehead atoms. The maximum Gasteiger partial charge on any atom is 0.306 e. The molecule has 1 atom stereocenters. The standard InChI is InChI=1S/C72H134O6/c1-4-7-10-13-16-19-22-25-27-29-30-31-32-33-34-35-36-37-38-39-40-41-42-44-45-47-50-53-56-59-62-65-71(74)77-68-69(67-76-70(73)64-61-58-55-52-49-24-21-18-15-12-9-6-3)78-72(75)66-63-60-57-54-51-48-46-43-28-26-23-20-17-14-11-8-5-2/h18,21,26,28-30,69H,4-17,19-20,22-25,27,31-68H2,1-3H3/b21-18-,28-26-,30-29-. The summed E-state index contributed by atoms with van der Waals surface area (Å²) in [7, 11) is 0. The van der Waals surface area contributed by atoms with Gasteiger partial charge in [0, 0.05) is 19.3 Å². The van der Waals surface area contributed by atoms with Crippen LogP contribution in [0.3, 0.4) is 0 Å². The first kappa shape index (κ1) is 75.6. The Balaban J connectivity index is 4.12. The molecule has 0 heterocycles. The van der Waals surface area contributed by atoms with Crippen molar-refractivity contribution in [1.29, 1.82) is 0 Å². The lowest BCUT2D eigenvalue weighted by Crippen LogP contribution is -2.30. The van der Waals surface area contributed by atoms with E-state index < -0.39 is 6.10 Å². The van der Waals surface area contributed by atoms with Crippen molar-refractivity contribution in [2.24, 2.45) is 0 Å². The average Bonchev–Trinajstić information content (AvgIpc) is 3.44. The molecular formula is C72H134O6. The summed E-state index contributed by atoms with van der Waals surface area (Å²) in [5, 5.41) is 0. The number of carbonyl (C=O) groups excluding carboxylic acids is 3. The van der Waals surface area contributed by atoms with Gasteiger partial charge < -0.3 is 14.2 Å². The van der Waals surface area contributed by atoms with Gasteiger partial charge in [0.05, 0.1) is 0 Å². The monoisotopic (exact) mass is 1100 g/mol. The Labute approximate surface area is 486 Å². The number of rotatable bonds is 65. The maximum atomic E-state index is 12.9. The van der Waals surface area contributed by atoms with E-state index in [1.807, 2.05) is 0 Å². The zero-order chi connectivity index (χ0) is 56.4. The molecule has 458 valence electrons. The van der Waals surface area contributed by atoms with Gasteiger partial charge in [-0.05, 0) is 96.3 Å². The molecule has 0 spiro atoms. The van der Waals surface area contributed by atoms with Crippen molar-refractivity contribution in [2.75, 3.05) is 13.2 Å². The minimum absolute atomic E-state index is 0.0722. The van der Waals surface area contributed by atoms with E-state index in [0.717, 1.165) is 64.2 Å². The van der Waals surface area contributed by atoms with Gasteiger partial charge in [0.25, 0.3) is 0 Å². The summed E-state index contributed by atoms with van der Waals surface area (Å²) in [6.07, 6.45) is 83.3. The molecule has 0 fully saturated rings. The predicted molar refractivity (Wildman–Crippen MR) is 339 cm³/mol. The minimum atomic E-state index is -0.776. The van der Waals surface area contributed by atoms with Crippen LogP contribution in [-0.4, -0.2) is 37.2 Å². The Kier molecular flexibility index (Phi) is 65.1. The average molecular weight is 1100 g/mol. The van der Waals surface area contributed by atoms with E-state index in [1.165, 1.54) is 283 Å². The second-order valence-corrected chi connectivity index (χ2v) is 23.8. The highest BCUT2D eigenvalue weighted by molar-refractivity contribution is 5.71. The number of hydrogen-bond donors (Lipinski definition) is 0. The van der Waals surface area contributed by atoms with Gasteiger partial charge in [0.2, 0.25) is 0 Å². The van der Waals surface area contributed by atoms with E-state index in [9.17, 15) is 14.4 Å². The fraction of sp³-hybridized carbons (Fsp3) is 0.875. The van der Waals surface area contributed by atoms with Crippen LogP contribution < -0.4 is 0 Å². The van der Waals surface area contributed by atoms with Gasteiger partial charge >= 0.3 is 17.9 Å². The lowest BCUT2D eigenvalue weighted by atomic mass is 10.0. The largest absolute Gasteiger partial charge is 0.462 e. The molecule has 0 radical (unpaired) electrons. The molecule has 0 saturated carbocycles. The first-order valence-corrected chi connectivity index (χ1v) is 35.0. The lowest BCUT2D eigenvalue weighted by molar-refractivity contribution is -0.167. The van der Waals surface area contributed by atoms with Gasteiger partial charge in [-0.3, -0.25) is 14.4 Å². The molecule has 78 heavy (non-hydrogen) atoms. The molecule has 6 heteroatoms. The highest BCUT2D eigenvalue weighted by atomic mass is 16.6. The lowest BCUT2D eigenvalue weighted by Gasteiger charge is -2.18. The summed E-state index contributed by atoms with van der Waals surface area (Å²) in [4.78, 5) is 38.3. The molecule has 0 aromatic heterocycles. The smallest absolute Gasteiger partial charge is 0.306 e. The molecular weight excluding hydrogens is 961 g/mol. The molecule has 6 nitrogen and oxygen atoms in total. The molecule has 0 rings (SSSR count). The molecule has 0 aromatic rings. The van der Waals surface area contributed by atoms with Crippen molar-refractivity contribution in [2.45, 2.75) is 393 Å². The van der Waals surface area contributed by atoms with E-state index in [-0.39, 0.29) is 31.1 Å². The Morgan fingerprint density at radius 1 is 0.244 bits per heavy atom. The number of hydrogen-bond acceptors (Lipinski definition) is 6. The van der Waals surface area contributed by atoms with Gasteiger partial charge in [-0.15, -0.1) is 0 Å². The normalized spacial score (nSPS) is 12.2. The summed E-state index contributed by atoms with van der Waals surface area (Å²) in [6.45, 7) is 6.66. The Morgan fingerprint density at radius 2 is 0.423 bits per heavy atom. The third-order valence-electron chi connectivity index (χ3n) is 15.8. The molecule has 0 saturated heterocycles. The van der Waals surface area contributed by atoms with Crippen molar-refractivity contribution >= 4 is 17.9 Å². The highest BCUT2D eigenvalue weighted by Gasteiger charge is 2.19. The molecule has 0 aliphatic rings. The van der Waals surface area contributed by atoms with Crippen molar-refractivity contribution in [3.63, 3.8) is 0 Å².